The summed E-state index contributed by atoms with van der Waals surface area (Å²) in [6.07, 6.45) is 1.06. The predicted octanol–water partition coefficient (Wildman–Crippen LogP) is 0.280. The van der Waals surface area contributed by atoms with Crippen LogP contribution >= 0.6 is 0 Å². The number of carbonyl (C=O) groups excluding carboxylic acids is 1. The zero-order valence-electron chi connectivity index (χ0n) is 5.35. The Morgan fingerprint density at radius 2 is 2.38 bits per heavy atom. The summed E-state index contributed by atoms with van der Waals surface area (Å²) in [7, 11) is 1.98. The Bertz CT molecular complexity index is 111. The molecule has 0 aromatic carbocycles. The molecule has 8 heavy (non-hydrogen) atoms. The van der Waals surface area contributed by atoms with Gasteiger partial charge in [0.25, 0.3) is 0 Å². The van der Waals surface area contributed by atoms with Crippen molar-refractivity contribution in [2.45, 2.75) is 19.4 Å². The van der Waals surface area contributed by atoms with E-state index in [9.17, 15) is 4.79 Å². The quantitative estimate of drug-likeness (QED) is 0.487. The molecule has 1 aliphatic rings. The minimum Gasteiger partial charge on any atom is -0.298 e. The first-order valence-electron chi connectivity index (χ1n) is 2.92. The topological polar surface area (TPSA) is 20.3 Å². The van der Waals surface area contributed by atoms with Crippen LogP contribution in [0.1, 0.15) is 13.3 Å². The van der Waals surface area contributed by atoms with E-state index in [1.165, 1.54) is 0 Å². The minimum absolute atomic E-state index is 0.245. The van der Waals surface area contributed by atoms with Crippen molar-refractivity contribution < 1.29 is 4.79 Å². The van der Waals surface area contributed by atoms with Gasteiger partial charge in [-0.3, -0.25) is 9.69 Å². The van der Waals surface area contributed by atoms with E-state index >= 15 is 0 Å². The Kier molecular flexibility index (Phi) is 1.34. The number of rotatable bonds is 1. The Morgan fingerprint density at radius 3 is 2.38 bits per heavy atom. The summed E-state index contributed by atoms with van der Waals surface area (Å²) in [6, 6.07) is 0.245. The molecule has 1 saturated heterocycles. The smallest absolute Gasteiger partial charge is 0.146 e. The maximum absolute atomic E-state index is 10.6. The van der Waals surface area contributed by atoms with Gasteiger partial charge in [0.05, 0.1) is 6.04 Å². The molecule has 1 aliphatic heterocycles. The molecule has 1 heterocycles. The molecule has 1 fully saturated rings. The first-order valence-corrected chi connectivity index (χ1v) is 2.92. The maximum Gasteiger partial charge on any atom is 0.146 e. The van der Waals surface area contributed by atoms with Gasteiger partial charge in [-0.1, -0.05) is 0 Å². The van der Waals surface area contributed by atoms with Gasteiger partial charge in [-0.05, 0) is 20.4 Å². The highest BCUT2D eigenvalue weighted by atomic mass is 16.1. The molecule has 2 nitrogen and oxygen atoms in total. The molecule has 2 heteroatoms. The lowest BCUT2D eigenvalue weighted by atomic mass is 10.0. The van der Waals surface area contributed by atoms with Crippen LogP contribution in [0.3, 0.4) is 0 Å². The van der Waals surface area contributed by atoms with Gasteiger partial charge < -0.3 is 0 Å². The Balaban J connectivity index is 2.37. The van der Waals surface area contributed by atoms with E-state index in [1.807, 2.05) is 7.05 Å². The van der Waals surface area contributed by atoms with Crippen LogP contribution in [-0.4, -0.2) is 30.3 Å². The highest BCUT2D eigenvalue weighted by molar-refractivity contribution is 5.82. The molecule has 0 bridgehead atoms. The van der Waals surface area contributed by atoms with Crippen molar-refractivity contribution in [2.24, 2.45) is 0 Å². The molecule has 1 rings (SSSR count). The van der Waals surface area contributed by atoms with Gasteiger partial charge in [0, 0.05) is 6.54 Å². The van der Waals surface area contributed by atoms with Crippen molar-refractivity contribution in [3.05, 3.63) is 0 Å². The van der Waals surface area contributed by atoms with E-state index in [0.29, 0.717) is 5.78 Å². The molecule has 0 unspecified atom stereocenters. The first kappa shape index (κ1) is 5.76. The number of Topliss-reactive ketones (excluding diaryl/α,β-unsaturated/α-hetero) is 1. The molecule has 46 valence electrons. The highest BCUT2D eigenvalue weighted by Gasteiger charge is 2.27. The van der Waals surface area contributed by atoms with Crippen LogP contribution in [0.25, 0.3) is 0 Å². The van der Waals surface area contributed by atoms with Gasteiger partial charge in [0.15, 0.2) is 0 Å². The van der Waals surface area contributed by atoms with Gasteiger partial charge >= 0.3 is 0 Å². The zero-order chi connectivity index (χ0) is 6.15. The molecule has 0 saturated carbocycles. The van der Waals surface area contributed by atoms with E-state index < -0.39 is 0 Å². The number of ketones is 1. The van der Waals surface area contributed by atoms with Crippen LogP contribution in [0.4, 0.5) is 0 Å². The Morgan fingerprint density at radius 1 is 1.75 bits per heavy atom. The largest absolute Gasteiger partial charge is 0.298 e. The Hall–Kier alpha value is -0.370. The van der Waals surface area contributed by atoms with E-state index in [4.69, 9.17) is 0 Å². The maximum atomic E-state index is 10.6. The van der Waals surface area contributed by atoms with Crippen LogP contribution in [0, 0.1) is 0 Å². The van der Waals surface area contributed by atoms with Gasteiger partial charge in [0.2, 0.25) is 0 Å². The number of carbonyl (C=O) groups is 1. The van der Waals surface area contributed by atoms with Gasteiger partial charge in [-0.25, -0.2) is 0 Å². The molecule has 0 aromatic heterocycles. The minimum atomic E-state index is 0.245. The lowest BCUT2D eigenvalue weighted by molar-refractivity contribution is -0.125. The monoisotopic (exact) mass is 113 g/mol. The molecule has 0 aliphatic carbocycles. The molecular formula is C6H11NO. The van der Waals surface area contributed by atoms with Crippen molar-refractivity contribution in [1.29, 1.82) is 0 Å². The van der Waals surface area contributed by atoms with Crippen molar-refractivity contribution in [1.82, 2.24) is 4.90 Å². The SMILES string of the molecule is CC(=O)[C@@H]1CCN1C. The van der Waals surface area contributed by atoms with Crippen molar-refractivity contribution >= 4 is 5.78 Å². The fourth-order valence-electron chi connectivity index (χ4n) is 1.03. The van der Waals surface area contributed by atoms with E-state index in [-0.39, 0.29) is 6.04 Å². The second-order valence-corrected chi connectivity index (χ2v) is 2.40. The molecule has 0 radical (unpaired) electrons. The number of hydrogen-bond acceptors (Lipinski definition) is 2. The van der Waals surface area contributed by atoms with E-state index in [2.05, 4.69) is 4.90 Å². The first-order chi connectivity index (χ1) is 3.72. The molecular weight excluding hydrogens is 102 g/mol. The summed E-state index contributed by atoms with van der Waals surface area (Å²) in [6.45, 7) is 2.74. The third-order valence-electron chi connectivity index (χ3n) is 1.76. The third-order valence-corrected chi connectivity index (χ3v) is 1.76. The van der Waals surface area contributed by atoms with Crippen LogP contribution in [0.5, 0.6) is 0 Å². The standard InChI is InChI=1S/C6H11NO/c1-5(8)6-3-4-7(6)2/h6H,3-4H2,1-2H3/t6-/m0/s1. The fourth-order valence-corrected chi connectivity index (χ4v) is 1.03. The lowest BCUT2D eigenvalue weighted by Gasteiger charge is -2.35. The van der Waals surface area contributed by atoms with Gasteiger partial charge in [0.1, 0.15) is 5.78 Å². The van der Waals surface area contributed by atoms with Crippen molar-refractivity contribution in [2.75, 3.05) is 13.6 Å². The molecule has 0 aromatic rings. The van der Waals surface area contributed by atoms with Gasteiger partial charge in [-0.15, -0.1) is 0 Å². The second kappa shape index (κ2) is 1.86. The summed E-state index contributed by atoms with van der Waals surface area (Å²) in [5.41, 5.74) is 0. The predicted molar refractivity (Wildman–Crippen MR) is 31.7 cm³/mol. The summed E-state index contributed by atoms with van der Waals surface area (Å²) in [4.78, 5) is 12.7. The fraction of sp³-hybridized carbons (Fsp3) is 0.833. The summed E-state index contributed by atoms with van der Waals surface area (Å²) >= 11 is 0. The van der Waals surface area contributed by atoms with Gasteiger partial charge in [-0.2, -0.15) is 0 Å². The average molecular weight is 113 g/mol. The normalized spacial score (nSPS) is 29.5. The molecule has 0 amide bonds. The number of likely N-dealkylation sites (tertiary alicyclic amines) is 1. The summed E-state index contributed by atoms with van der Waals surface area (Å²) in [5, 5.41) is 0. The second-order valence-electron chi connectivity index (χ2n) is 2.40. The average Bonchev–Trinajstić information content (AvgIpc) is 1.61. The van der Waals surface area contributed by atoms with E-state index in [1.54, 1.807) is 6.92 Å². The van der Waals surface area contributed by atoms with Crippen molar-refractivity contribution in [3.8, 4) is 0 Å². The number of hydrogen-bond donors (Lipinski definition) is 0. The van der Waals surface area contributed by atoms with Crippen LogP contribution in [0.15, 0.2) is 0 Å². The number of likely N-dealkylation sites (N-methyl/N-ethyl adjacent to an activating group) is 1. The van der Waals surface area contributed by atoms with Crippen molar-refractivity contribution in [3.63, 3.8) is 0 Å². The molecule has 1 atom stereocenters. The summed E-state index contributed by atoms with van der Waals surface area (Å²) in [5.74, 6) is 0.304. The summed E-state index contributed by atoms with van der Waals surface area (Å²) < 4.78 is 0. The highest BCUT2D eigenvalue weighted by Crippen LogP contribution is 2.13. The van der Waals surface area contributed by atoms with Crippen LogP contribution in [0.2, 0.25) is 0 Å². The Labute approximate surface area is 49.5 Å². The molecule has 0 N–H and O–H groups in total. The number of nitrogens with zero attached hydrogens (tertiary/aromatic N) is 1. The third kappa shape index (κ3) is 0.757. The van der Waals surface area contributed by atoms with Crippen LogP contribution < -0.4 is 0 Å². The molecule has 0 spiro atoms. The van der Waals surface area contributed by atoms with E-state index in [0.717, 1.165) is 13.0 Å². The zero-order valence-corrected chi connectivity index (χ0v) is 5.35. The van der Waals surface area contributed by atoms with Crippen LogP contribution in [-0.2, 0) is 4.79 Å². The lowest BCUT2D eigenvalue weighted by Crippen LogP contribution is -2.48.